The Morgan fingerprint density at radius 2 is 0.883 bits per heavy atom. The number of fused-ring (bicyclic) bond motifs is 10. The molecule has 1 nitrogen and oxygen atoms in total. The van der Waals surface area contributed by atoms with Gasteiger partial charge >= 0.3 is 0 Å². The third-order valence-electron chi connectivity index (χ3n) is 14.3. The molecule has 1 aliphatic heterocycles. The summed E-state index contributed by atoms with van der Waals surface area (Å²) in [5.74, 6) is 0. The number of rotatable bonds is 5. The highest BCUT2D eigenvalue weighted by Gasteiger charge is 2.49. The second-order valence-electron chi connectivity index (χ2n) is 18.1. The zero-order valence-corrected chi connectivity index (χ0v) is 35.5. The number of nitrogens with zero attached hydrogens (tertiary/aromatic N) is 1. The first-order chi connectivity index (χ1) is 29.3. The Kier molecular flexibility index (Phi) is 7.41. The van der Waals surface area contributed by atoms with Gasteiger partial charge in [-0.1, -0.05) is 198 Å². The maximum absolute atomic E-state index is 2.83. The van der Waals surface area contributed by atoms with Crippen LogP contribution in [-0.4, -0.2) is 8.07 Å². The molecule has 0 saturated carbocycles. The summed E-state index contributed by atoms with van der Waals surface area (Å²) in [6.07, 6.45) is 0. The lowest BCUT2D eigenvalue weighted by atomic mass is 9.82. The van der Waals surface area contributed by atoms with Crippen LogP contribution >= 0.6 is 0 Å². The van der Waals surface area contributed by atoms with E-state index in [1.54, 1.807) is 0 Å². The van der Waals surface area contributed by atoms with Gasteiger partial charge in [-0.3, -0.25) is 0 Å². The molecule has 2 heteroatoms. The van der Waals surface area contributed by atoms with E-state index in [2.05, 4.69) is 233 Å². The molecule has 0 aromatic heterocycles. The number of hydrogen-bond donors (Lipinski definition) is 0. The van der Waals surface area contributed by atoms with Crippen molar-refractivity contribution in [1.82, 2.24) is 0 Å². The van der Waals surface area contributed by atoms with Crippen molar-refractivity contribution in [3.05, 3.63) is 222 Å². The topological polar surface area (TPSA) is 3.24 Å². The molecule has 60 heavy (non-hydrogen) atoms. The molecule has 0 saturated heterocycles. The third-order valence-corrected chi connectivity index (χ3v) is 19.2. The van der Waals surface area contributed by atoms with E-state index in [0.717, 1.165) is 0 Å². The van der Waals surface area contributed by atoms with Crippen molar-refractivity contribution in [2.75, 3.05) is 4.90 Å². The Morgan fingerprint density at radius 1 is 0.350 bits per heavy atom. The molecule has 9 aromatic rings. The Balaban J connectivity index is 1.15. The Bertz CT molecular complexity index is 3190. The standard InChI is InChI=1S/C58H45NSi/c1-57(2)50-26-12-8-24-48(50)56-51(57)27-16-28-53(56)59(41-32-34-45-44-21-7-11-25-49(44)58(3,4)52(45)37-41)40-19-15-20-42(36-40)60(43-33-31-38-17-5-6-18-39(38)35-43)54-29-13-9-22-46(54)47-23-10-14-30-55(47)60/h5-37H,1-4H3. The van der Waals surface area contributed by atoms with Crippen molar-refractivity contribution in [3.63, 3.8) is 0 Å². The van der Waals surface area contributed by atoms with Crippen LogP contribution in [0.3, 0.4) is 0 Å². The van der Waals surface area contributed by atoms with Crippen molar-refractivity contribution >= 4 is 56.7 Å². The molecule has 0 amide bonds. The van der Waals surface area contributed by atoms with Gasteiger partial charge in [-0.2, -0.15) is 0 Å². The van der Waals surface area contributed by atoms with E-state index in [9.17, 15) is 0 Å². The Labute approximate surface area is 354 Å². The minimum absolute atomic E-state index is 0.124. The van der Waals surface area contributed by atoms with Gasteiger partial charge in [0.05, 0.1) is 5.69 Å². The van der Waals surface area contributed by atoms with Gasteiger partial charge in [0, 0.05) is 27.8 Å². The van der Waals surface area contributed by atoms with Crippen LogP contribution in [0.1, 0.15) is 49.9 Å². The molecule has 3 aliphatic rings. The Morgan fingerprint density at radius 3 is 1.63 bits per heavy atom. The van der Waals surface area contributed by atoms with Gasteiger partial charge in [0.25, 0.3) is 0 Å². The largest absolute Gasteiger partial charge is 0.310 e. The first-order valence-corrected chi connectivity index (χ1v) is 23.3. The van der Waals surface area contributed by atoms with Gasteiger partial charge < -0.3 is 4.90 Å². The van der Waals surface area contributed by atoms with Crippen LogP contribution in [0.15, 0.2) is 200 Å². The van der Waals surface area contributed by atoms with Gasteiger partial charge in [-0.25, -0.2) is 0 Å². The van der Waals surface area contributed by atoms with E-state index in [0.29, 0.717) is 0 Å². The zero-order chi connectivity index (χ0) is 40.4. The monoisotopic (exact) mass is 783 g/mol. The fraction of sp³-hybridized carbons (Fsp3) is 0.103. The van der Waals surface area contributed by atoms with E-state index >= 15 is 0 Å². The predicted octanol–water partition coefficient (Wildman–Crippen LogP) is 12.3. The van der Waals surface area contributed by atoms with E-state index in [4.69, 9.17) is 0 Å². The molecule has 2 aliphatic carbocycles. The molecule has 0 fully saturated rings. The molecule has 0 unspecified atom stereocenters. The molecule has 0 atom stereocenters. The molecule has 0 N–H and O–H groups in total. The summed E-state index contributed by atoms with van der Waals surface area (Å²) in [4.78, 5) is 2.58. The van der Waals surface area contributed by atoms with Crippen LogP contribution in [0.25, 0.3) is 44.2 Å². The van der Waals surface area contributed by atoms with Crippen LogP contribution in [-0.2, 0) is 10.8 Å². The highest BCUT2D eigenvalue weighted by atomic mass is 28.3. The van der Waals surface area contributed by atoms with Crippen molar-refractivity contribution in [2.45, 2.75) is 38.5 Å². The second-order valence-corrected chi connectivity index (χ2v) is 21.8. The van der Waals surface area contributed by atoms with Crippen LogP contribution in [0, 0.1) is 0 Å². The van der Waals surface area contributed by atoms with Crippen LogP contribution < -0.4 is 25.6 Å². The number of benzene rings is 9. The van der Waals surface area contributed by atoms with E-state index < -0.39 is 8.07 Å². The minimum atomic E-state index is -2.83. The molecule has 12 rings (SSSR count). The maximum Gasteiger partial charge on any atom is 0.180 e. The summed E-state index contributed by atoms with van der Waals surface area (Å²) in [6, 6.07) is 76.4. The quantitative estimate of drug-likeness (QED) is 0.157. The zero-order valence-electron chi connectivity index (χ0n) is 34.5. The first kappa shape index (κ1) is 35.2. The van der Waals surface area contributed by atoms with Gasteiger partial charge in [0.15, 0.2) is 8.07 Å². The molecule has 0 bridgehead atoms. The van der Waals surface area contributed by atoms with Crippen LogP contribution in [0.5, 0.6) is 0 Å². The maximum atomic E-state index is 2.58. The first-order valence-electron chi connectivity index (χ1n) is 21.3. The van der Waals surface area contributed by atoms with Crippen LogP contribution in [0.2, 0.25) is 0 Å². The lowest BCUT2D eigenvalue weighted by Crippen LogP contribution is -2.72. The summed E-state index contributed by atoms with van der Waals surface area (Å²) in [7, 11) is -2.83. The van der Waals surface area contributed by atoms with E-state index in [-0.39, 0.29) is 10.8 Å². The highest BCUT2D eigenvalue weighted by Crippen LogP contribution is 2.55. The minimum Gasteiger partial charge on any atom is -0.310 e. The predicted molar refractivity (Wildman–Crippen MR) is 256 cm³/mol. The second kappa shape index (κ2) is 12.6. The molecule has 1 heterocycles. The van der Waals surface area contributed by atoms with Crippen molar-refractivity contribution in [3.8, 4) is 33.4 Å². The lowest BCUT2D eigenvalue weighted by Gasteiger charge is -2.34. The summed E-state index contributed by atoms with van der Waals surface area (Å²) < 4.78 is 0. The highest BCUT2D eigenvalue weighted by molar-refractivity contribution is 7.22. The van der Waals surface area contributed by atoms with Gasteiger partial charge in [0.1, 0.15) is 0 Å². The molecule has 0 spiro atoms. The van der Waals surface area contributed by atoms with Crippen molar-refractivity contribution in [2.24, 2.45) is 0 Å². The molecule has 0 radical (unpaired) electrons. The van der Waals surface area contributed by atoms with E-state index in [1.165, 1.54) is 104 Å². The molecular weight excluding hydrogens is 739 g/mol. The fourth-order valence-electron chi connectivity index (χ4n) is 11.5. The van der Waals surface area contributed by atoms with Crippen molar-refractivity contribution < 1.29 is 0 Å². The number of hydrogen-bond acceptors (Lipinski definition) is 1. The smallest absolute Gasteiger partial charge is 0.180 e. The average Bonchev–Trinajstić information content (AvgIpc) is 3.82. The van der Waals surface area contributed by atoms with Crippen LogP contribution in [0.4, 0.5) is 17.1 Å². The van der Waals surface area contributed by atoms with Gasteiger partial charge in [-0.15, -0.1) is 0 Å². The number of anilines is 3. The van der Waals surface area contributed by atoms with Gasteiger partial charge in [-0.05, 0) is 112 Å². The molecule has 9 aromatic carbocycles. The summed E-state index contributed by atoms with van der Waals surface area (Å²) in [5.41, 5.74) is 16.9. The van der Waals surface area contributed by atoms with E-state index in [1.807, 2.05) is 0 Å². The molecular formula is C58H45NSi. The van der Waals surface area contributed by atoms with Gasteiger partial charge in [0.2, 0.25) is 0 Å². The normalized spacial score (nSPS) is 15.4. The molecule has 286 valence electrons. The lowest BCUT2D eigenvalue weighted by molar-refractivity contribution is 0.660. The van der Waals surface area contributed by atoms with Crippen molar-refractivity contribution in [1.29, 1.82) is 0 Å². The average molecular weight is 784 g/mol. The SMILES string of the molecule is CC1(C)c2ccccc2-c2ccc(N(c3cccc([Si]4(c5ccc6ccccc6c5)c5ccccc5-c5ccccc54)c3)c3cccc4c3-c3ccccc3C4(C)C)cc21. The Hall–Kier alpha value is -6.74. The summed E-state index contributed by atoms with van der Waals surface area (Å²) in [5, 5.41) is 8.27. The fourth-order valence-corrected chi connectivity index (χ4v) is 16.7. The summed E-state index contributed by atoms with van der Waals surface area (Å²) in [6.45, 7) is 9.55. The summed E-state index contributed by atoms with van der Waals surface area (Å²) >= 11 is 0. The third kappa shape index (κ3) is 4.68.